The number of methoxy groups -OCH3 is 2. The van der Waals surface area contributed by atoms with Gasteiger partial charge in [0.2, 0.25) is 11.8 Å². The number of hydrazone groups is 2. The number of hydrogen-bond donors (Lipinski definition) is 2. The highest BCUT2D eigenvalue weighted by molar-refractivity contribution is 8.02. The largest absolute Gasteiger partial charge is 0.497 e. The molecule has 242 valence electrons. The second-order valence-corrected chi connectivity index (χ2v) is 13.9. The van der Waals surface area contributed by atoms with Gasteiger partial charge >= 0.3 is 0 Å². The lowest BCUT2D eigenvalue weighted by Gasteiger charge is -2.12. The Balaban J connectivity index is 1.27. The molecule has 0 bridgehead atoms. The molecule has 1 aromatic heterocycles. The fourth-order valence-electron chi connectivity index (χ4n) is 5.06. The smallest absolute Gasteiger partial charge is 0.247 e. The van der Waals surface area contributed by atoms with Crippen LogP contribution < -0.4 is 20.3 Å². The Bertz CT molecular complexity index is 1850. The third-order valence-electron chi connectivity index (χ3n) is 7.95. The molecule has 0 aliphatic carbocycles. The van der Waals surface area contributed by atoms with Gasteiger partial charge in [0.1, 0.15) is 11.5 Å². The SMILES string of the molecule is COc1ccc2cc([C@H](C)C(=O)N/N=C\c3c(SC)sc(SC)c3/C=N\NC(=O)[C@@H](C)c3ccc4cc(OC)ccc4c3)ccc2c1. The Labute approximate surface area is 287 Å². The first-order valence-corrected chi connectivity index (χ1v) is 18.1. The molecule has 5 rings (SSSR count). The van der Waals surface area contributed by atoms with Crippen molar-refractivity contribution in [2.45, 2.75) is 34.1 Å². The fourth-order valence-corrected chi connectivity index (χ4v) is 7.86. The molecule has 0 radical (unpaired) electrons. The third-order valence-corrected chi connectivity index (χ3v) is 11.4. The summed E-state index contributed by atoms with van der Waals surface area (Å²) in [7, 11) is 3.28. The number of hydrogen-bond acceptors (Lipinski definition) is 9. The summed E-state index contributed by atoms with van der Waals surface area (Å²) in [6.07, 6.45) is 7.28. The third kappa shape index (κ3) is 7.81. The van der Waals surface area contributed by atoms with Crippen molar-refractivity contribution in [2.75, 3.05) is 26.7 Å². The minimum atomic E-state index is -0.411. The van der Waals surface area contributed by atoms with Crippen LogP contribution in [0.15, 0.2) is 91.4 Å². The second-order valence-electron chi connectivity index (χ2n) is 10.8. The van der Waals surface area contributed by atoms with Gasteiger partial charge in [-0.15, -0.1) is 34.9 Å². The summed E-state index contributed by atoms with van der Waals surface area (Å²) in [5, 5.41) is 12.8. The first kappa shape index (κ1) is 34.0. The topological polar surface area (TPSA) is 101 Å². The van der Waals surface area contributed by atoms with E-state index in [4.69, 9.17) is 9.47 Å². The van der Waals surface area contributed by atoms with Gasteiger partial charge in [0.05, 0.1) is 46.9 Å². The van der Waals surface area contributed by atoms with E-state index in [1.165, 1.54) is 0 Å². The predicted octanol–water partition coefficient (Wildman–Crippen LogP) is 8.02. The lowest BCUT2D eigenvalue weighted by molar-refractivity contribution is -0.122. The Morgan fingerprint density at radius 3 is 1.43 bits per heavy atom. The second kappa shape index (κ2) is 15.5. The van der Waals surface area contributed by atoms with Gasteiger partial charge in [0, 0.05) is 11.1 Å². The molecule has 0 unspecified atom stereocenters. The number of carbonyl (C=O) groups excluding carboxylic acids is 2. The molecule has 11 heteroatoms. The van der Waals surface area contributed by atoms with E-state index in [2.05, 4.69) is 21.1 Å². The van der Waals surface area contributed by atoms with Crippen LogP contribution in [0.2, 0.25) is 0 Å². The molecule has 2 atom stereocenters. The average Bonchev–Trinajstić information content (AvgIpc) is 3.45. The van der Waals surface area contributed by atoms with E-state index in [-0.39, 0.29) is 11.8 Å². The summed E-state index contributed by atoms with van der Waals surface area (Å²) in [6.45, 7) is 3.71. The van der Waals surface area contributed by atoms with Crippen molar-refractivity contribution in [3.63, 3.8) is 0 Å². The molecule has 0 saturated heterocycles. The van der Waals surface area contributed by atoms with Gasteiger partial charge in [-0.1, -0.05) is 48.5 Å². The van der Waals surface area contributed by atoms with Crippen molar-refractivity contribution in [3.05, 3.63) is 95.1 Å². The van der Waals surface area contributed by atoms with Crippen molar-refractivity contribution in [1.82, 2.24) is 10.9 Å². The summed E-state index contributed by atoms with van der Waals surface area (Å²) in [6, 6.07) is 23.6. The van der Waals surface area contributed by atoms with E-state index in [1.54, 1.807) is 61.5 Å². The van der Waals surface area contributed by atoms with Crippen LogP contribution in [0.25, 0.3) is 21.5 Å². The number of ether oxygens (including phenoxy) is 2. The van der Waals surface area contributed by atoms with Gasteiger partial charge in [0.25, 0.3) is 0 Å². The number of thioether (sulfide) groups is 2. The number of nitrogens with one attached hydrogen (secondary N) is 2. The van der Waals surface area contributed by atoms with Gasteiger partial charge < -0.3 is 9.47 Å². The van der Waals surface area contributed by atoms with Gasteiger partial charge in [0.15, 0.2) is 0 Å². The van der Waals surface area contributed by atoms with E-state index >= 15 is 0 Å². The molecule has 5 aromatic rings. The van der Waals surface area contributed by atoms with Crippen molar-refractivity contribution >= 4 is 80.6 Å². The quantitative estimate of drug-likeness (QED) is 0.0784. The van der Waals surface area contributed by atoms with Gasteiger partial charge in [-0.3, -0.25) is 9.59 Å². The molecule has 4 aromatic carbocycles. The zero-order valence-electron chi connectivity index (χ0n) is 27.0. The fraction of sp³-hybridized carbons (Fsp3) is 0.222. The highest BCUT2D eigenvalue weighted by atomic mass is 32.2. The number of carbonyl (C=O) groups is 2. The van der Waals surface area contributed by atoms with Crippen LogP contribution in [0, 0.1) is 0 Å². The van der Waals surface area contributed by atoms with Crippen molar-refractivity contribution in [1.29, 1.82) is 0 Å². The van der Waals surface area contributed by atoms with Crippen molar-refractivity contribution in [3.8, 4) is 11.5 Å². The summed E-state index contributed by atoms with van der Waals surface area (Å²) >= 11 is 4.80. The molecule has 0 fully saturated rings. The van der Waals surface area contributed by atoms with Crippen LogP contribution in [0.3, 0.4) is 0 Å². The minimum absolute atomic E-state index is 0.218. The Kier molecular flexibility index (Phi) is 11.2. The number of amides is 2. The number of thiophene rings is 1. The predicted molar refractivity (Wildman–Crippen MR) is 197 cm³/mol. The molecule has 47 heavy (non-hydrogen) atoms. The van der Waals surface area contributed by atoms with Gasteiger partial charge in [-0.25, -0.2) is 10.9 Å². The molecular formula is C36H36N4O4S3. The van der Waals surface area contributed by atoms with E-state index in [0.29, 0.717) is 0 Å². The van der Waals surface area contributed by atoms with Gasteiger partial charge in [-0.05, 0) is 83.3 Å². The zero-order chi connectivity index (χ0) is 33.5. The molecule has 0 aliphatic rings. The molecule has 0 aliphatic heterocycles. The molecule has 8 nitrogen and oxygen atoms in total. The molecule has 0 saturated carbocycles. The summed E-state index contributed by atoms with van der Waals surface area (Å²) in [5.41, 5.74) is 8.85. The van der Waals surface area contributed by atoms with Crippen LogP contribution in [0.1, 0.15) is 47.9 Å². The molecule has 1 heterocycles. The highest BCUT2D eigenvalue weighted by Gasteiger charge is 2.19. The normalized spacial score (nSPS) is 12.9. The maximum Gasteiger partial charge on any atom is 0.247 e. The minimum Gasteiger partial charge on any atom is -0.497 e. The Morgan fingerprint density at radius 1 is 0.660 bits per heavy atom. The monoisotopic (exact) mass is 684 g/mol. The van der Waals surface area contributed by atoms with Crippen LogP contribution in [0.5, 0.6) is 11.5 Å². The Hall–Kier alpha value is -4.32. The van der Waals surface area contributed by atoms with E-state index in [0.717, 1.165) is 63.7 Å². The average molecular weight is 685 g/mol. The molecule has 0 spiro atoms. The summed E-state index contributed by atoms with van der Waals surface area (Å²) in [5.74, 6) is 0.321. The van der Waals surface area contributed by atoms with Crippen LogP contribution in [0.4, 0.5) is 0 Å². The number of rotatable bonds is 12. The number of fused-ring (bicyclic) bond motifs is 2. The van der Waals surface area contributed by atoms with E-state index in [1.807, 2.05) is 99.2 Å². The summed E-state index contributed by atoms with van der Waals surface area (Å²) in [4.78, 5) is 26.1. The van der Waals surface area contributed by atoms with Crippen molar-refractivity contribution < 1.29 is 19.1 Å². The maximum atomic E-state index is 13.1. The van der Waals surface area contributed by atoms with Crippen LogP contribution in [-0.4, -0.2) is 51.0 Å². The maximum absolute atomic E-state index is 13.1. The standard InChI is InChI=1S/C36H36N4O4S3/c1-21(23-7-9-27-17-29(43-3)13-11-25(27)15-23)33(41)39-37-19-31-32(36(46-6)47-35(31)45-5)20-38-40-34(42)22(2)24-8-10-28-18-30(44-4)14-12-26(28)16-24/h7-22H,1-6H3,(H,39,41)(H,40,42)/b37-19-,38-20-/t21-,22-/m0/s1. The van der Waals surface area contributed by atoms with Crippen LogP contribution in [-0.2, 0) is 9.59 Å². The molecule has 2 amide bonds. The number of benzene rings is 4. The van der Waals surface area contributed by atoms with E-state index < -0.39 is 11.8 Å². The highest BCUT2D eigenvalue weighted by Crippen LogP contribution is 2.38. The first-order chi connectivity index (χ1) is 22.8. The van der Waals surface area contributed by atoms with E-state index in [9.17, 15) is 9.59 Å². The molecule has 2 N–H and O–H groups in total. The van der Waals surface area contributed by atoms with Crippen LogP contribution >= 0.6 is 34.9 Å². The van der Waals surface area contributed by atoms with Crippen molar-refractivity contribution in [2.24, 2.45) is 10.2 Å². The lowest BCUT2D eigenvalue weighted by Crippen LogP contribution is -2.24. The lowest BCUT2D eigenvalue weighted by atomic mass is 9.97. The Morgan fingerprint density at radius 2 is 1.04 bits per heavy atom. The molecular weight excluding hydrogens is 649 g/mol. The number of nitrogens with zero attached hydrogens (tertiary/aromatic N) is 2. The van der Waals surface area contributed by atoms with Gasteiger partial charge in [-0.2, -0.15) is 10.2 Å². The zero-order valence-corrected chi connectivity index (χ0v) is 29.4. The summed E-state index contributed by atoms with van der Waals surface area (Å²) < 4.78 is 12.7. The first-order valence-electron chi connectivity index (χ1n) is 14.8.